The van der Waals surface area contributed by atoms with Gasteiger partial charge in [0.1, 0.15) is 11.9 Å². The Kier molecular flexibility index (Phi) is 3.73. The lowest BCUT2D eigenvalue weighted by atomic mass is 10.0. The summed E-state index contributed by atoms with van der Waals surface area (Å²) in [5, 5.41) is 1.87. The van der Waals surface area contributed by atoms with E-state index in [0.717, 1.165) is 48.7 Å². The lowest BCUT2D eigenvalue weighted by Crippen LogP contribution is -2.31. The van der Waals surface area contributed by atoms with E-state index in [9.17, 15) is 20.7 Å². The van der Waals surface area contributed by atoms with Crippen molar-refractivity contribution in [2.24, 2.45) is 6.98 Å². The molecule has 3 aromatic carbocycles. The Morgan fingerprint density at radius 1 is 1.10 bits per heavy atom. The molecule has 0 spiro atoms. The molecule has 0 bridgehead atoms. The van der Waals surface area contributed by atoms with Crippen molar-refractivity contribution in [3.63, 3.8) is 0 Å². The monoisotopic (exact) mass is 594 g/mol. The van der Waals surface area contributed by atoms with Gasteiger partial charge >= 0.3 is 6.09 Å². The van der Waals surface area contributed by atoms with Crippen molar-refractivity contribution in [2.75, 3.05) is 12.4 Å². The van der Waals surface area contributed by atoms with E-state index in [0.29, 0.717) is 10.6 Å². The molecule has 1 saturated carbocycles. The molecule has 0 saturated heterocycles. The molecule has 1 fully saturated rings. The molecule has 1 heterocycles. The van der Waals surface area contributed by atoms with E-state index in [-0.39, 0.29) is 16.6 Å². The third kappa shape index (κ3) is 6.22. The average molecular weight is 595 g/mol. The van der Waals surface area contributed by atoms with Gasteiger partial charge in [0, 0.05) is 63.6 Å². The first kappa shape index (κ1) is 13.1. The van der Waals surface area contributed by atoms with Crippen LogP contribution in [-0.2, 0) is 28.1 Å². The number of carbonyl (C=O) groups excluding carboxylic acids is 2. The number of sulfonamides is 1. The Morgan fingerprint density at radius 2 is 1.93 bits per heavy atom. The Balaban J connectivity index is 1.56. The summed E-state index contributed by atoms with van der Waals surface area (Å²) in [6.45, 7) is -5.89. The summed E-state index contributed by atoms with van der Waals surface area (Å²) >= 11 is 0. The van der Waals surface area contributed by atoms with Gasteiger partial charge in [-0.3, -0.25) is 10.1 Å². The van der Waals surface area contributed by atoms with Gasteiger partial charge in [0.05, 0.1) is 16.0 Å². The van der Waals surface area contributed by atoms with Gasteiger partial charge in [0.2, 0.25) is 0 Å². The number of fused-ring (bicyclic) bond motifs is 1. The number of carbonyl (C=O) groups is 2. The molecule has 1 aliphatic rings. The number of hydrogen-bond donors (Lipinski definition) is 2. The van der Waals surface area contributed by atoms with Crippen LogP contribution in [0.5, 0.6) is 5.75 Å². The topological polar surface area (TPSA) is 116 Å². The molecule has 4 aromatic rings. The summed E-state index contributed by atoms with van der Waals surface area (Å²) in [6, 6.07) is 10.1. The van der Waals surface area contributed by atoms with Crippen molar-refractivity contribution in [3.05, 3.63) is 89.1 Å². The van der Waals surface area contributed by atoms with E-state index >= 15 is 0 Å². The molecule has 0 radical (unpaired) electrons. The minimum absolute atomic E-state index is 0.186. The normalized spacial score (nSPS) is 26.8. The molecular weight excluding hydrogens is 542 g/mol. The first-order valence-electron chi connectivity index (χ1n) is 21.1. The predicted octanol–water partition coefficient (Wildman–Crippen LogP) is 5.70. The fraction of sp³-hybridized carbons (Fsp3) is 0.290. The van der Waals surface area contributed by atoms with Crippen LogP contribution in [0, 0.1) is 6.85 Å². The lowest BCUT2D eigenvalue weighted by Gasteiger charge is -2.13. The molecule has 5 rings (SSSR count). The zero-order chi connectivity index (χ0) is 45.6. The number of methoxy groups -OCH3 is 1. The summed E-state index contributed by atoms with van der Waals surface area (Å²) in [5.74, 6) is -2.26. The molecule has 2 amide bonds. The molecule has 10 heteroatoms. The van der Waals surface area contributed by atoms with E-state index in [1.54, 1.807) is 4.72 Å². The molecular formula is C31H33N3O6S. The van der Waals surface area contributed by atoms with Crippen LogP contribution in [0.2, 0.25) is 0 Å². The summed E-state index contributed by atoms with van der Waals surface area (Å²) < 4.78 is 191. The van der Waals surface area contributed by atoms with Crippen molar-refractivity contribution in [2.45, 2.75) is 49.7 Å². The molecule has 0 unspecified atom stereocenters. The smallest absolute Gasteiger partial charge is 0.411 e. The molecule has 2 N–H and O–H groups in total. The Bertz CT molecular complexity index is 2450. The predicted molar refractivity (Wildman–Crippen MR) is 157 cm³/mol. The maximum absolute atomic E-state index is 13.3. The summed E-state index contributed by atoms with van der Waals surface area (Å²) in [5.41, 5.74) is -2.84. The quantitative estimate of drug-likeness (QED) is 0.271. The Labute approximate surface area is 266 Å². The summed E-state index contributed by atoms with van der Waals surface area (Å²) in [6.07, 6.45) is -20.0. The van der Waals surface area contributed by atoms with E-state index < -0.39 is 114 Å². The molecule has 0 aliphatic heterocycles. The first-order chi connectivity index (χ1) is 27.0. The first-order valence-corrected chi connectivity index (χ1v) is 13.1. The maximum Gasteiger partial charge on any atom is 0.411 e. The Hall–Kier alpha value is -4.31. The van der Waals surface area contributed by atoms with E-state index in [4.69, 9.17) is 32.8 Å². The van der Waals surface area contributed by atoms with Crippen LogP contribution in [0.25, 0.3) is 10.9 Å². The standard InChI is InChI=1S/C31H33N3O6S/c1-20-8-4-7-11-29(20)41(37,38)33-30(35)22-13-12-21(28(17-22)39-3)16-23-19-34(2)27-15-14-24(18-26(23)27)32-31(36)40-25-9-5-6-10-25/h4,7-8,11-15,17-19,25H,5-6,9-10,16H2,1-3H3,(H,32,36)(H,33,35)/i1D3,2D3,3D3,5D2,6D2,9D2,10D2,16D2. The second-order valence-corrected chi connectivity index (χ2v) is 10.1. The van der Waals surface area contributed by atoms with Crippen molar-refractivity contribution >= 4 is 38.6 Å². The molecule has 1 aromatic heterocycles. The second kappa shape index (κ2) is 11.7. The molecule has 214 valence electrons. The van der Waals surface area contributed by atoms with Crippen molar-refractivity contribution < 1.29 is 53.5 Å². The number of hydrogen-bond acceptors (Lipinski definition) is 6. The highest BCUT2D eigenvalue weighted by atomic mass is 32.2. The summed E-state index contributed by atoms with van der Waals surface area (Å²) in [4.78, 5) is 25.5. The average Bonchev–Trinajstić information content (AvgIpc) is 3.51. The molecule has 41 heavy (non-hydrogen) atoms. The van der Waals surface area contributed by atoms with E-state index in [1.807, 2.05) is 0 Å². The molecule has 9 nitrogen and oxygen atoms in total. The number of aryl methyl sites for hydroxylation is 2. The zero-order valence-electron chi connectivity index (χ0n) is 39.7. The highest BCUT2D eigenvalue weighted by molar-refractivity contribution is 7.90. The fourth-order valence-corrected chi connectivity index (χ4v) is 4.98. The van der Waals surface area contributed by atoms with E-state index in [2.05, 4.69) is 5.32 Å². The van der Waals surface area contributed by atoms with E-state index in [1.165, 1.54) is 12.1 Å². The van der Waals surface area contributed by atoms with Gasteiger partial charge in [-0.2, -0.15) is 0 Å². The maximum atomic E-state index is 13.3. The highest BCUT2D eigenvalue weighted by Crippen LogP contribution is 2.30. The van der Waals surface area contributed by atoms with Crippen molar-refractivity contribution in [1.29, 1.82) is 0 Å². The summed E-state index contributed by atoms with van der Waals surface area (Å²) in [7, 11) is -8.20. The van der Waals surface area contributed by atoms with Crippen molar-refractivity contribution in [1.82, 2.24) is 9.29 Å². The highest BCUT2D eigenvalue weighted by Gasteiger charge is 2.22. The van der Waals surface area contributed by atoms with Gasteiger partial charge in [-0.25, -0.2) is 17.9 Å². The van der Waals surface area contributed by atoms with Gasteiger partial charge in [-0.05, 0) is 85.4 Å². The number of amides is 2. The zero-order valence-corrected chi connectivity index (χ0v) is 21.5. The number of nitrogens with zero attached hydrogens (tertiary/aromatic N) is 1. The SMILES string of the molecule is [2H]C([2H])([2H])Oc1cc(C(=O)NS(=O)(=O)c2ccccc2C([2H])([2H])[2H])ccc1C([2H])([2H])c1cn(C([2H])([2H])[2H])c2ccc(NC(=O)OC3C([2H])([2H])C([2H])([2H])C([2H])([2H])C3([2H])[2H])cc12. The van der Waals surface area contributed by atoms with Gasteiger partial charge in [0.15, 0.2) is 0 Å². The number of ether oxygens (including phenoxy) is 2. The third-order valence-electron chi connectivity index (χ3n) is 5.77. The molecule has 1 aliphatic carbocycles. The largest absolute Gasteiger partial charge is 0.496 e. The molecule has 0 atom stereocenters. The van der Waals surface area contributed by atoms with Gasteiger partial charge in [0.25, 0.3) is 15.9 Å². The van der Waals surface area contributed by atoms with Crippen LogP contribution in [0.15, 0.2) is 71.8 Å². The van der Waals surface area contributed by atoms with Gasteiger partial charge in [-0.1, -0.05) is 24.3 Å². The second-order valence-electron chi connectivity index (χ2n) is 8.46. The number of rotatable bonds is 8. The van der Waals surface area contributed by atoms with Crippen LogP contribution in [-0.4, -0.2) is 38.1 Å². The number of anilines is 1. The number of benzene rings is 3. The number of aromatic nitrogens is 1. The van der Waals surface area contributed by atoms with Gasteiger partial charge < -0.3 is 14.0 Å². The van der Waals surface area contributed by atoms with Crippen LogP contribution in [0.3, 0.4) is 0 Å². The van der Waals surface area contributed by atoms with Crippen LogP contribution in [0.1, 0.15) is 78.6 Å². The third-order valence-corrected chi connectivity index (χ3v) is 7.16. The van der Waals surface area contributed by atoms with Crippen LogP contribution >= 0.6 is 0 Å². The fourth-order valence-electron chi connectivity index (χ4n) is 3.89. The lowest BCUT2D eigenvalue weighted by molar-refractivity contribution is 0.0980. The van der Waals surface area contributed by atoms with Crippen LogP contribution < -0.4 is 14.8 Å². The number of nitrogens with one attached hydrogen (secondary N) is 2. The van der Waals surface area contributed by atoms with Crippen LogP contribution in [0.4, 0.5) is 10.5 Å². The van der Waals surface area contributed by atoms with Gasteiger partial charge in [-0.15, -0.1) is 0 Å². The van der Waals surface area contributed by atoms with Crippen molar-refractivity contribution in [3.8, 4) is 5.75 Å². The Morgan fingerprint density at radius 3 is 2.71 bits per heavy atom. The minimum atomic E-state index is -4.88. The minimum Gasteiger partial charge on any atom is -0.496 e.